The van der Waals surface area contributed by atoms with Crippen molar-refractivity contribution in [1.29, 1.82) is 0 Å². The number of nitrogens with one attached hydrogen (secondary N) is 1. The Labute approximate surface area is 84.6 Å². The molecule has 4 heteroatoms. The second-order valence-electron chi connectivity index (χ2n) is 3.63. The quantitative estimate of drug-likeness (QED) is 0.749. The van der Waals surface area contributed by atoms with Crippen molar-refractivity contribution in [3.05, 3.63) is 17.5 Å². The first-order valence-corrected chi connectivity index (χ1v) is 4.84. The van der Waals surface area contributed by atoms with Gasteiger partial charge in [0.2, 0.25) is 0 Å². The molecule has 0 saturated carbocycles. The molecule has 1 N–H and O–H groups in total. The van der Waals surface area contributed by atoms with Gasteiger partial charge in [-0.3, -0.25) is 0 Å². The fraction of sp³-hybridized carbons (Fsp3) is 0.700. The lowest BCUT2D eigenvalue weighted by atomic mass is 10.2. The van der Waals surface area contributed by atoms with Crippen molar-refractivity contribution in [2.45, 2.75) is 20.4 Å². The Bertz CT molecular complexity index is 260. The minimum Gasteiger partial charge on any atom is -0.384 e. The molecular formula is C10H18N2O2. The molecule has 0 spiro atoms. The molecule has 1 aromatic rings. The Morgan fingerprint density at radius 2 is 2.43 bits per heavy atom. The Morgan fingerprint density at radius 1 is 1.64 bits per heavy atom. The number of aryl methyl sites for hydroxylation is 1. The third-order valence-corrected chi connectivity index (χ3v) is 1.92. The zero-order chi connectivity index (χ0) is 10.4. The zero-order valence-electron chi connectivity index (χ0n) is 9.04. The predicted molar refractivity (Wildman–Crippen MR) is 54.0 cm³/mol. The maximum atomic E-state index is 5.06. The highest BCUT2D eigenvalue weighted by Crippen LogP contribution is 2.01. The van der Waals surface area contributed by atoms with Gasteiger partial charge in [-0.15, -0.1) is 0 Å². The van der Waals surface area contributed by atoms with E-state index in [2.05, 4.69) is 17.4 Å². The molecule has 0 aliphatic carbocycles. The molecule has 0 amide bonds. The van der Waals surface area contributed by atoms with Crippen LogP contribution < -0.4 is 5.32 Å². The minimum atomic E-state index is 0.518. The van der Waals surface area contributed by atoms with Crippen LogP contribution in [0.5, 0.6) is 0 Å². The molecule has 1 atom stereocenters. The third kappa shape index (κ3) is 3.89. The summed E-state index contributed by atoms with van der Waals surface area (Å²) >= 11 is 0. The fourth-order valence-corrected chi connectivity index (χ4v) is 1.28. The molecule has 0 bridgehead atoms. The van der Waals surface area contributed by atoms with Crippen molar-refractivity contribution in [2.24, 2.45) is 5.92 Å². The highest BCUT2D eigenvalue weighted by molar-refractivity contribution is 5.02. The molecule has 0 saturated heterocycles. The van der Waals surface area contributed by atoms with E-state index in [9.17, 15) is 0 Å². The molecule has 0 aliphatic rings. The van der Waals surface area contributed by atoms with Gasteiger partial charge in [0.25, 0.3) is 0 Å². The van der Waals surface area contributed by atoms with Gasteiger partial charge < -0.3 is 14.6 Å². The van der Waals surface area contributed by atoms with Crippen LogP contribution in [0.3, 0.4) is 0 Å². The van der Waals surface area contributed by atoms with Crippen molar-refractivity contribution in [2.75, 3.05) is 20.3 Å². The lowest BCUT2D eigenvalue weighted by molar-refractivity contribution is 0.158. The second-order valence-corrected chi connectivity index (χ2v) is 3.63. The molecule has 1 heterocycles. The number of hydrogen-bond donors (Lipinski definition) is 1. The van der Waals surface area contributed by atoms with E-state index in [1.54, 1.807) is 7.11 Å². The summed E-state index contributed by atoms with van der Waals surface area (Å²) in [7, 11) is 1.72. The fourth-order valence-electron chi connectivity index (χ4n) is 1.28. The SMILES string of the molecule is COCC(C)CNCc1cc(C)no1. The van der Waals surface area contributed by atoms with Crippen LogP contribution in [0.15, 0.2) is 10.6 Å². The summed E-state index contributed by atoms with van der Waals surface area (Å²) in [5.41, 5.74) is 0.923. The van der Waals surface area contributed by atoms with Gasteiger partial charge in [0.1, 0.15) is 0 Å². The lowest BCUT2D eigenvalue weighted by Crippen LogP contribution is -2.23. The van der Waals surface area contributed by atoms with E-state index >= 15 is 0 Å². The lowest BCUT2D eigenvalue weighted by Gasteiger charge is -2.09. The van der Waals surface area contributed by atoms with Gasteiger partial charge in [0.15, 0.2) is 5.76 Å². The van der Waals surface area contributed by atoms with Gasteiger partial charge >= 0.3 is 0 Å². The summed E-state index contributed by atoms with van der Waals surface area (Å²) in [4.78, 5) is 0. The smallest absolute Gasteiger partial charge is 0.150 e. The van der Waals surface area contributed by atoms with E-state index in [0.717, 1.165) is 31.2 Å². The first-order chi connectivity index (χ1) is 6.72. The first-order valence-electron chi connectivity index (χ1n) is 4.84. The molecule has 0 fully saturated rings. The van der Waals surface area contributed by atoms with Crippen LogP contribution >= 0.6 is 0 Å². The number of hydrogen-bond acceptors (Lipinski definition) is 4. The van der Waals surface area contributed by atoms with Crippen LogP contribution in [0.1, 0.15) is 18.4 Å². The van der Waals surface area contributed by atoms with E-state index < -0.39 is 0 Å². The largest absolute Gasteiger partial charge is 0.384 e. The van der Waals surface area contributed by atoms with Crippen LogP contribution in [0.25, 0.3) is 0 Å². The average molecular weight is 198 g/mol. The summed E-state index contributed by atoms with van der Waals surface area (Å²) in [6.07, 6.45) is 0. The van der Waals surface area contributed by atoms with Crippen molar-refractivity contribution in [1.82, 2.24) is 10.5 Å². The average Bonchev–Trinajstić information content (AvgIpc) is 2.52. The van der Waals surface area contributed by atoms with Gasteiger partial charge in [-0.2, -0.15) is 0 Å². The summed E-state index contributed by atoms with van der Waals surface area (Å²) in [6.45, 7) is 6.49. The molecule has 1 unspecified atom stereocenters. The van der Waals surface area contributed by atoms with Crippen LogP contribution in [-0.4, -0.2) is 25.4 Å². The Kier molecular flexibility index (Phi) is 4.62. The number of aromatic nitrogens is 1. The number of nitrogens with zero attached hydrogens (tertiary/aromatic N) is 1. The molecule has 1 rings (SSSR count). The molecule has 1 aromatic heterocycles. The molecule has 4 nitrogen and oxygen atoms in total. The van der Waals surface area contributed by atoms with Gasteiger partial charge in [-0.25, -0.2) is 0 Å². The first kappa shape index (κ1) is 11.2. The maximum absolute atomic E-state index is 5.06. The summed E-state index contributed by atoms with van der Waals surface area (Å²) in [6, 6.07) is 1.94. The van der Waals surface area contributed by atoms with Gasteiger partial charge in [-0.05, 0) is 12.8 Å². The van der Waals surface area contributed by atoms with Crippen LogP contribution in [0, 0.1) is 12.8 Å². The highest BCUT2D eigenvalue weighted by atomic mass is 16.5. The van der Waals surface area contributed by atoms with Crippen molar-refractivity contribution < 1.29 is 9.26 Å². The summed E-state index contributed by atoms with van der Waals surface area (Å²) in [5, 5.41) is 7.10. The molecular weight excluding hydrogens is 180 g/mol. The molecule has 0 radical (unpaired) electrons. The zero-order valence-corrected chi connectivity index (χ0v) is 9.04. The van der Waals surface area contributed by atoms with Crippen molar-refractivity contribution in [3.8, 4) is 0 Å². The Hall–Kier alpha value is -0.870. The van der Waals surface area contributed by atoms with Gasteiger partial charge in [-0.1, -0.05) is 12.1 Å². The van der Waals surface area contributed by atoms with Crippen LogP contribution in [-0.2, 0) is 11.3 Å². The molecule has 0 aliphatic heterocycles. The molecule has 14 heavy (non-hydrogen) atoms. The van der Waals surface area contributed by atoms with Gasteiger partial charge in [0.05, 0.1) is 12.2 Å². The summed E-state index contributed by atoms with van der Waals surface area (Å²) < 4.78 is 10.1. The van der Waals surface area contributed by atoms with Gasteiger partial charge in [0, 0.05) is 26.3 Å². The van der Waals surface area contributed by atoms with Crippen molar-refractivity contribution in [3.63, 3.8) is 0 Å². The number of methoxy groups -OCH3 is 1. The maximum Gasteiger partial charge on any atom is 0.150 e. The molecule has 0 aromatic carbocycles. The topological polar surface area (TPSA) is 47.3 Å². The van der Waals surface area contributed by atoms with E-state index in [1.807, 2.05) is 13.0 Å². The normalized spacial score (nSPS) is 13.1. The molecule has 80 valence electrons. The highest BCUT2D eigenvalue weighted by Gasteiger charge is 2.03. The number of rotatable bonds is 6. The van der Waals surface area contributed by atoms with Crippen LogP contribution in [0.4, 0.5) is 0 Å². The predicted octanol–water partition coefficient (Wildman–Crippen LogP) is 1.36. The number of ether oxygens (including phenoxy) is 1. The van der Waals surface area contributed by atoms with E-state index in [-0.39, 0.29) is 0 Å². The van der Waals surface area contributed by atoms with E-state index in [4.69, 9.17) is 9.26 Å². The Balaban J connectivity index is 2.15. The monoisotopic (exact) mass is 198 g/mol. The standard InChI is InChI=1S/C10H18N2O2/c1-8(7-13-3)5-11-6-10-4-9(2)12-14-10/h4,8,11H,5-7H2,1-3H3. The minimum absolute atomic E-state index is 0.518. The summed E-state index contributed by atoms with van der Waals surface area (Å²) in [5.74, 6) is 1.40. The third-order valence-electron chi connectivity index (χ3n) is 1.92. The van der Waals surface area contributed by atoms with E-state index in [1.165, 1.54) is 0 Å². The van der Waals surface area contributed by atoms with Crippen molar-refractivity contribution >= 4 is 0 Å². The van der Waals surface area contributed by atoms with E-state index in [0.29, 0.717) is 5.92 Å². The second kappa shape index (κ2) is 5.78. The Morgan fingerprint density at radius 3 is 3.00 bits per heavy atom. The van der Waals surface area contributed by atoms with Crippen LogP contribution in [0.2, 0.25) is 0 Å².